The van der Waals surface area contributed by atoms with E-state index in [1.54, 1.807) is 18.4 Å². The Bertz CT molecular complexity index is 853. The second kappa shape index (κ2) is 7.78. The van der Waals surface area contributed by atoms with Crippen molar-refractivity contribution in [1.29, 1.82) is 0 Å². The second-order valence-electron chi connectivity index (χ2n) is 6.34. The standard InChI is InChI=1S/C19H23N5OS/c1-25-17-10-4-3-9-16(17)20-14-15-8-7-13-24(15)19-22-21-18(26-19)23-11-5-2-6-12-23/h3-4,7-10,13,20H,2,5-6,11-12,14H2,1H3. The summed E-state index contributed by atoms with van der Waals surface area (Å²) in [6.45, 7) is 2.86. The van der Waals surface area contributed by atoms with E-state index in [0.29, 0.717) is 6.54 Å². The maximum atomic E-state index is 5.41. The highest BCUT2D eigenvalue weighted by Gasteiger charge is 2.17. The monoisotopic (exact) mass is 369 g/mol. The van der Waals surface area contributed by atoms with Crippen LogP contribution in [-0.4, -0.2) is 35.0 Å². The van der Waals surface area contributed by atoms with Gasteiger partial charge in [-0.25, -0.2) is 0 Å². The molecule has 1 N–H and O–H groups in total. The fourth-order valence-corrected chi connectivity index (χ4v) is 4.16. The summed E-state index contributed by atoms with van der Waals surface area (Å²) in [5.74, 6) is 0.842. The Balaban J connectivity index is 1.49. The summed E-state index contributed by atoms with van der Waals surface area (Å²) < 4.78 is 7.51. The van der Waals surface area contributed by atoms with Crippen molar-refractivity contribution in [2.75, 3.05) is 30.4 Å². The van der Waals surface area contributed by atoms with Crippen LogP contribution in [0.5, 0.6) is 5.75 Å². The van der Waals surface area contributed by atoms with E-state index in [2.05, 4.69) is 31.0 Å². The van der Waals surface area contributed by atoms with Crippen molar-refractivity contribution in [2.24, 2.45) is 0 Å². The van der Waals surface area contributed by atoms with Crippen molar-refractivity contribution in [3.8, 4) is 10.9 Å². The van der Waals surface area contributed by atoms with E-state index < -0.39 is 0 Å². The van der Waals surface area contributed by atoms with Crippen LogP contribution in [0.25, 0.3) is 5.13 Å². The minimum Gasteiger partial charge on any atom is -0.495 e. The molecular weight excluding hydrogens is 346 g/mol. The summed E-state index contributed by atoms with van der Waals surface area (Å²) in [6, 6.07) is 12.1. The third kappa shape index (κ3) is 3.53. The molecule has 0 bridgehead atoms. The second-order valence-corrected chi connectivity index (χ2v) is 7.27. The van der Waals surface area contributed by atoms with Gasteiger partial charge >= 0.3 is 0 Å². The van der Waals surface area contributed by atoms with Gasteiger partial charge in [-0.1, -0.05) is 23.5 Å². The molecule has 3 heterocycles. The number of nitrogens with one attached hydrogen (secondary N) is 1. The maximum Gasteiger partial charge on any atom is 0.218 e. The molecule has 1 fully saturated rings. The first kappa shape index (κ1) is 16.9. The van der Waals surface area contributed by atoms with Crippen LogP contribution in [0.15, 0.2) is 42.6 Å². The molecule has 0 amide bonds. The van der Waals surface area contributed by atoms with Gasteiger partial charge in [0, 0.05) is 25.0 Å². The molecule has 1 aliphatic rings. The van der Waals surface area contributed by atoms with E-state index in [-0.39, 0.29) is 0 Å². The van der Waals surface area contributed by atoms with Crippen LogP contribution in [0, 0.1) is 0 Å². The maximum absolute atomic E-state index is 5.41. The first-order valence-corrected chi connectivity index (χ1v) is 9.79. The number of piperidine rings is 1. The lowest BCUT2D eigenvalue weighted by Crippen LogP contribution is -2.29. The van der Waals surface area contributed by atoms with Gasteiger partial charge in [-0.2, -0.15) is 0 Å². The van der Waals surface area contributed by atoms with Crippen molar-refractivity contribution in [3.05, 3.63) is 48.3 Å². The Kier molecular flexibility index (Phi) is 5.06. The summed E-state index contributed by atoms with van der Waals surface area (Å²) in [4.78, 5) is 2.35. The normalized spacial score (nSPS) is 14.4. The molecule has 6 nitrogen and oxygen atoms in total. The SMILES string of the molecule is COc1ccccc1NCc1cccn1-c1nnc(N2CCCCC2)s1. The molecule has 0 spiro atoms. The Hall–Kier alpha value is -2.54. The summed E-state index contributed by atoms with van der Waals surface area (Å²) in [6.07, 6.45) is 5.84. The molecule has 2 aromatic heterocycles. The molecule has 1 aliphatic heterocycles. The zero-order valence-electron chi connectivity index (χ0n) is 14.9. The summed E-state index contributed by atoms with van der Waals surface area (Å²) >= 11 is 1.65. The fourth-order valence-electron chi connectivity index (χ4n) is 3.24. The van der Waals surface area contributed by atoms with Gasteiger partial charge in [0.1, 0.15) is 5.75 Å². The largest absolute Gasteiger partial charge is 0.495 e. The molecule has 0 unspecified atom stereocenters. The number of aromatic nitrogens is 3. The summed E-state index contributed by atoms with van der Waals surface area (Å²) in [7, 11) is 1.69. The molecule has 7 heteroatoms. The van der Waals surface area contributed by atoms with Gasteiger partial charge in [-0.15, -0.1) is 10.2 Å². The number of rotatable bonds is 6. The molecule has 3 aromatic rings. The molecule has 0 aliphatic carbocycles. The Labute approximate surface area is 157 Å². The third-order valence-electron chi connectivity index (χ3n) is 4.64. The van der Waals surface area contributed by atoms with Gasteiger partial charge in [0.05, 0.1) is 19.3 Å². The summed E-state index contributed by atoms with van der Waals surface area (Å²) in [5.41, 5.74) is 2.12. The van der Waals surface area contributed by atoms with Crippen molar-refractivity contribution >= 4 is 22.2 Å². The zero-order chi connectivity index (χ0) is 17.8. The fraction of sp³-hybridized carbons (Fsp3) is 0.368. The van der Waals surface area contributed by atoms with Crippen LogP contribution >= 0.6 is 11.3 Å². The van der Waals surface area contributed by atoms with Gasteiger partial charge in [0.25, 0.3) is 0 Å². The number of para-hydroxylation sites is 2. The van der Waals surface area contributed by atoms with Gasteiger partial charge in [-0.3, -0.25) is 4.57 Å². The molecular formula is C19H23N5OS. The van der Waals surface area contributed by atoms with Gasteiger partial charge in [0.15, 0.2) is 0 Å². The minimum atomic E-state index is 0.687. The number of hydrogen-bond donors (Lipinski definition) is 1. The third-order valence-corrected chi connectivity index (χ3v) is 5.62. The Morgan fingerprint density at radius 2 is 1.85 bits per heavy atom. The number of anilines is 2. The Morgan fingerprint density at radius 1 is 1.04 bits per heavy atom. The highest BCUT2D eigenvalue weighted by atomic mass is 32.1. The molecule has 1 saturated heterocycles. The lowest BCUT2D eigenvalue weighted by molar-refractivity contribution is 0.416. The molecule has 1 aromatic carbocycles. The summed E-state index contributed by atoms with van der Waals surface area (Å²) in [5, 5.41) is 14.2. The lowest BCUT2D eigenvalue weighted by atomic mass is 10.1. The first-order valence-electron chi connectivity index (χ1n) is 8.97. The smallest absolute Gasteiger partial charge is 0.218 e. The molecule has 136 valence electrons. The Morgan fingerprint density at radius 3 is 2.69 bits per heavy atom. The predicted octanol–water partition coefficient (Wildman–Crippen LogP) is 3.94. The van der Waals surface area contributed by atoms with Crippen LogP contribution in [0.3, 0.4) is 0 Å². The van der Waals surface area contributed by atoms with Gasteiger partial charge in [-0.05, 0) is 43.5 Å². The lowest BCUT2D eigenvalue weighted by Gasteiger charge is -2.25. The zero-order valence-corrected chi connectivity index (χ0v) is 15.7. The quantitative estimate of drug-likeness (QED) is 0.713. The molecule has 0 saturated carbocycles. The van der Waals surface area contributed by atoms with E-state index in [1.165, 1.54) is 19.3 Å². The van der Waals surface area contributed by atoms with Crippen LogP contribution in [0.2, 0.25) is 0 Å². The average molecular weight is 369 g/mol. The number of ether oxygens (including phenoxy) is 1. The van der Waals surface area contributed by atoms with Crippen molar-refractivity contribution < 1.29 is 4.74 Å². The van der Waals surface area contributed by atoms with E-state index in [4.69, 9.17) is 4.74 Å². The van der Waals surface area contributed by atoms with Gasteiger partial charge in [0.2, 0.25) is 10.3 Å². The van der Waals surface area contributed by atoms with Crippen molar-refractivity contribution in [3.63, 3.8) is 0 Å². The van der Waals surface area contributed by atoms with Crippen molar-refractivity contribution in [1.82, 2.24) is 14.8 Å². The number of methoxy groups -OCH3 is 1. The van der Waals surface area contributed by atoms with Gasteiger partial charge < -0.3 is 15.0 Å². The molecule has 4 rings (SSSR count). The number of hydrogen-bond acceptors (Lipinski definition) is 6. The van der Waals surface area contributed by atoms with Crippen LogP contribution in [0.1, 0.15) is 25.0 Å². The topological polar surface area (TPSA) is 55.2 Å². The van der Waals surface area contributed by atoms with Crippen LogP contribution in [0.4, 0.5) is 10.8 Å². The van der Waals surface area contributed by atoms with E-state index in [0.717, 1.165) is 40.5 Å². The molecule has 26 heavy (non-hydrogen) atoms. The number of benzene rings is 1. The van der Waals surface area contributed by atoms with Crippen LogP contribution < -0.4 is 15.0 Å². The predicted molar refractivity (Wildman–Crippen MR) is 106 cm³/mol. The van der Waals surface area contributed by atoms with E-state index >= 15 is 0 Å². The first-order chi connectivity index (χ1) is 12.8. The minimum absolute atomic E-state index is 0.687. The highest BCUT2D eigenvalue weighted by Crippen LogP contribution is 2.28. The molecule has 0 radical (unpaired) electrons. The average Bonchev–Trinajstić information content (AvgIpc) is 3.36. The van der Waals surface area contributed by atoms with E-state index in [9.17, 15) is 0 Å². The van der Waals surface area contributed by atoms with Crippen LogP contribution in [-0.2, 0) is 6.54 Å². The molecule has 0 atom stereocenters. The van der Waals surface area contributed by atoms with Crippen molar-refractivity contribution in [2.45, 2.75) is 25.8 Å². The van der Waals surface area contributed by atoms with E-state index in [1.807, 2.05) is 36.5 Å². The number of nitrogens with zero attached hydrogens (tertiary/aromatic N) is 4. The highest BCUT2D eigenvalue weighted by molar-refractivity contribution is 7.17.